The van der Waals surface area contributed by atoms with Crippen molar-refractivity contribution in [1.29, 1.82) is 0 Å². The number of nitrogens with one attached hydrogen (secondary N) is 1. The van der Waals surface area contributed by atoms with Crippen LogP contribution in [0, 0.1) is 5.92 Å². The molecule has 0 aromatic heterocycles. The highest BCUT2D eigenvalue weighted by atomic mass is 16.2. The summed E-state index contributed by atoms with van der Waals surface area (Å²) in [6.07, 6.45) is 1.68. The molecule has 1 unspecified atom stereocenters. The average molecular weight is 350 g/mol. The first-order valence-corrected chi connectivity index (χ1v) is 9.26. The molecule has 0 radical (unpaired) electrons. The Labute approximate surface area is 155 Å². The number of carbonyl (C=O) groups excluding carboxylic acids is 2. The van der Waals surface area contributed by atoms with Gasteiger partial charge in [-0.1, -0.05) is 48.5 Å². The number of fused-ring (bicyclic) bond motifs is 1. The van der Waals surface area contributed by atoms with E-state index in [2.05, 4.69) is 5.32 Å². The van der Waals surface area contributed by atoms with Crippen LogP contribution >= 0.6 is 0 Å². The molecule has 1 heterocycles. The van der Waals surface area contributed by atoms with Gasteiger partial charge in [0.2, 0.25) is 11.8 Å². The van der Waals surface area contributed by atoms with Crippen molar-refractivity contribution in [3.8, 4) is 0 Å². The molecule has 1 aliphatic heterocycles. The Morgan fingerprint density at radius 3 is 2.54 bits per heavy atom. The SMILES string of the molecule is CC(C)N(Cc1ccccc1)C(=O)CCC1Cc2ccccc2NC1=O. The van der Waals surface area contributed by atoms with Gasteiger partial charge in [0.1, 0.15) is 0 Å². The van der Waals surface area contributed by atoms with Crippen molar-refractivity contribution in [2.45, 2.75) is 45.7 Å². The minimum absolute atomic E-state index is 0.0238. The Kier molecular flexibility index (Phi) is 5.71. The van der Waals surface area contributed by atoms with Crippen molar-refractivity contribution in [3.63, 3.8) is 0 Å². The third-order valence-electron chi connectivity index (χ3n) is 4.96. The van der Waals surface area contributed by atoms with Gasteiger partial charge in [-0.05, 0) is 43.9 Å². The van der Waals surface area contributed by atoms with E-state index in [0.29, 0.717) is 25.8 Å². The van der Waals surface area contributed by atoms with Gasteiger partial charge >= 0.3 is 0 Å². The third kappa shape index (κ3) is 4.31. The highest BCUT2D eigenvalue weighted by Gasteiger charge is 2.27. The summed E-state index contributed by atoms with van der Waals surface area (Å²) in [7, 11) is 0. The van der Waals surface area contributed by atoms with Crippen molar-refractivity contribution in [1.82, 2.24) is 4.90 Å². The molecule has 0 spiro atoms. The zero-order valence-corrected chi connectivity index (χ0v) is 15.4. The van der Waals surface area contributed by atoms with Crippen LogP contribution < -0.4 is 5.32 Å². The van der Waals surface area contributed by atoms with Gasteiger partial charge in [-0.15, -0.1) is 0 Å². The lowest BCUT2D eigenvalue weighted by atomic mass is 9.89. The van der Waals surface area contributed by atoms with Gasteiger partial charge < -0.3 is 10.2 Å². The maximum absolute atomic E-state index is 12.8. The molecule has 26 heavy (non-hydrogen) atoms. The Balaban J connectivity index is 1.61. The minimum atomic E-state index is -0.139. The number of benzene rings is 2. The van der Waals surface area contributed by atoms with Gasteiger partial charge in [0.15, 0.2) is 0 Å². The van der Waals surface area contributed by atoms with Gasteiger partial charge in [0.05, 0.1) is 0 Å². The van der Waals surface area contributed by atoms with Crippen molar-refractivity contribution in [2.75, 3.05) is 5.32 Å². The van der Waals surface area contributed by atoms with Gasteiger partial charge in [-0.2, -0.15) is 0 Å². The summed E-state index contributed by atoms with van der Waals surface area (Å²) in [5.41, 5.74) is 3.17. The van der Waals surface area contributed by atoms with Crippen LogP contribution in [-0.4, -0.2) is 22.8 Å². The summed E-state index contributed by atoms with van der Waals surface area (Å²) in [5.74, 6) is -0.00856. The number of amides is 2. The number of para-hydroxylation sites is 1. The standard InChI is InChI=1S/C22H26N2O2/c1-16(2)24(15-17-8-4-3-5-9-17)21(25)13-12-19-14-18-10-6-7-11-20(18)23-22(19)26/h3-11,16,19H,12-15H2,1-2H3,(H,23,26). The lowest BCUT2D eigenvalue weighted by Crippen LogP contribution is -2.37. The summed E-state index contributed by atoms with van der Waals surface area (Å²) >= 11 is 0. The van der Waals surface area contributed by atoms with E-state index in [4.69, 9.17) is 0 Å². The van der Waals surface area contributed by atoms with E-state index in [1.165, 1.54) is 0 Å². The second-order valence-electron chi connectivity index (χ2n) is 7.19. The maximum atomic E-state index is 12.8. The second kappa shape index (κ2) is 8.17. The molecule has 3 rings (SSSR count). The Bertz CT molecular complexity index is 771. The molecule has 4 heteroatoms. The molecule has 136 valence electrons. The lowest BCUT2D eigenvalue weighted by molar-refractivity contribution is -0.134. The van der Waals surface area contributed by atoms with E-state index in [-0.39, 0.29) is 23.8 Å². The van der Waals surface area contributed by atoms with Gasteiger partial charge in [0, 0.05) is 30.6 Å². The van der Waals surface area contributed by atoms with Crippen molar-refractivity contribution in [2.24, 2.45) is 5.92 Å². The molecule has 0 aliphatic carbocycles. The molecule has 2 aromatic rings. The van der Waals surface area contributed by atoms with Crippen LogP contribution in [0.25, 0.3) is 0 Å². The fourth-order valence-corrected chi connectivity index (χ4v) is 3.43. The van der Waals surface area contributed by atoms with Gasteiger partial charge in [0.25, 0.3) is 0 Å². The van der Waals surface area contributed by atoms with E-state index >= 15 is 0 Å². The predicted octanol–water partition coefficient (Wildman–Crippen LogP) is 4.01. The van der Waals surface area contributed by atoms with E-state index in [1.807, 2.05) is 73.3 Å². The summed E-state index contributed by atoms with van der Waals surface area (Å²) in [5, 5.41) is 2.96. The van der Waals surface area contributed by atoms with Gasteiger partial charge in [-0.3, -0.25) is 9.59 Å². The average Bonchev–Trinajstić information content (AvgIpc) is 2.64. The largest absolute Gasteiger partial charge is 0.336 e. The number of anilines is 1. The number of carbonyl (C=O) groups is 2. The van der Waals surface area contributed by atoms with Gasteiger partial charge in [-0.25, -0.2) is 0 Å². The summed E-state index contributed by atoms with van der Waals surface area (Å²) in [6, 6.07) is 18.0. The predicted molar refractivity (Wildman–Crippen MR) is 104 cm³/mol. The van der Waals surface area contributed by atoms with E-state index in [9.17, 15) is 9.59 Å². The van der Waals surface area contributed by atoms with Crippen LogP contribution in [0.1, 0.15) is 37.8 Å². The smallest absolute Gasteiger partial charge is 0.227 e. The molecular weight excluding hydrogens is 324 g/mol. The first kappa shape index (κ1) is 18.2. The molecule has 1 aliphatic rings. The first-order valence-electron chi connectivity index (χ1n) is 9.26. The van der Waals surface area contributed by atoms with Crippen molar-refractivity contribution >= 4 is 17.5 Å². The van der Waals surface area contributed by atoms with Crippen LogP contribution in [0.15, 0.2) is 54.6 Å². The molecule has 1 N–H and O–H groups in total. The van der Waals surface area contributed by atoms with E-state index in [0.717, 1.165) is 16.8 Å². The van der Waals surface area contributed by atoms with E-state index in [1.54, 1.807) is 0 Å². The molecule has 4 nitrogen and oxygen atoms in total. The molecule has 0 saturated carbocycles. The molecular formula is C22H26N2O2. The minimum Gasteiger partial charge on any atom is -0.336 e. The second-order valence-corrected chi connectivity index (χ2v) is 7.19. The molecule has 2 aromatic carbocycles. The van der Waals surface area contributed by atoms with Crippen LogP contribution in [-0.2, 0) is 22.6 Å². The number of hydrogen-bond acceptors (Lipinski definition) is 2. The number of hydrogen-bond donors (Lipinski definition) is 1. The third-order valence-corrected chi connectivity index (χ3v) is 4.96. The number of rotatable bonds is 6. The number of nitrogens with zero attached hydrogens (tertiary/aromatic N) is 1. The summed E-state index contributed by atoms with van der Waals surface area (Å²) in [6.45, 7) is 4.67. The van der Waals surface area contributed by atoms with Crippen LogP contribution in [0.3, 0.4) is 0 Å². The van der Waals surface area contributed by atoms with Crippen molar-refractivity contribution in [3.05, 3.63) is 65.7 Å². The monoisotopic (exact) mass is 350 g/mol. The summed E-state index contributed by atoms with van der Waals surface area (Å²) < 4.78 is 0. The normalized spacial score (nSPS) is 16.1. The Hall–Kier alpha value is -2.62. The zero-order valence-electron chi connectivity index (χ0n) is 15.4. The van der Waals surface area contributed by atoms with Crippen LogP contribution in [0.4, 0.5) is 5.69 Å². The highest BCUT2D eigenvalue weighted by molar-refractivity contribution is 5.96. The zero-order chi connectivity index (χ0) is 18.5. The fraction of sp³-hybridized carbons (Fsp3) is 0.364. The first-order chi connectivity index (χ1) is 12.5. The molecule has 0 saturated heterocycles. The summed E-state index contributed by atoms with van der Waals surface area (Å²) in [4.78, 5) is 27.0. The maximum Gasteiger partial charge on any atom is 0.227 e. The highest BCUT2D eigenvalue weighted by Crippen LogP contribution is 2.27. The van der Waals surface area contributed by atoms with E-state index < -0.39 is 0 Å². The topological polar surface area (TPSA) is 49.4 Å². The van der Waals surface area contributed by atoms with Crippen molar-refractivity contribution < 1.29 is 9.59 Å². The lowest BCUT2D eigenvalue weighted by Gasteiger charge is -2.29. The fourth-order valence-electron chi connectivity index (χ4n) is 3.43. The Morgan fingerprint density at radius 1 is 1.12 bits per heavy atom. The molecule has 0 fully saturated rings. The van der Waals surface area contributed by atoms with Crippen LogP contribution in [0.5, 0.6) is 0 Å². The molecule has 1 atom stereocenters. The van der Waals surface area contributed by atoms with Crippen LogP contribution in [0.2, 0.25) is 0 Å². The quantitative estimate of drug-likeness (QED) is 0.855. The molecule has 0 bridgehead atoms. The Morgan fingerprint density at radius 2 is 1.81 bits per heavy atom. The molecule has 2 amide bonds.